The SMILES string of the molecule is CC(C)=CC(=O)N[C@H]1CCN(c2ccc(C)cc2)C1=O. The number of benzene rings is 1. The van der Waals surface area contributed by atoms with Gasteiger partial charge in [-0.15, -0.1) is 0 Å². The lowest BCUT2D eigenvalue weighted by Gasteiger charge is -2.17. The number of amides is 2. The molecule has 2 rings (SSSR count). The van der Waals surface area contributed by atoms with Gasteiger partial charge in [0.05, 0.1) is 0 Å². The van der Waals surface area contributed by atoms with Gasteiger partial charge in [0.2, 0.25) is 11.8 Å². The Labute approximate surface area is 119 Å². The van der Waals surface area contributed by atoms with E-state index in [2.05, 4.69) is 5.32 Å². The van der Waals surface area contributed by atoms with Crippen molar-refractivity contribution in [2.45, 2.75) is 33.2 Å². The van der Waals surface area contributed by atoms with E-state index in [1.165, 1.54) is 6.08 Å². The molecule has 1 heterocycles. The molecule has 2 amide bonds. The van der Waals surface area contributed by atoms with E-state index in [1.54, 1.807) is 4.90 Å². The van der Waals surface area contributed by atoms with Gasteiger partial charge < -0.3 is 10.2 Å². The third kappa shape index (κ3) is 3.26. The van der Waals surface area contributed by atoms with E-state index in [1.807, 2.05) is 45.0 Å². The minimum Gasteiger partial charge on any atom is -0.341 e. The Morgan fingerprint density at radius 3 is 2.55 bits per heavy atom. The van der Waals surface area contributed by atoms with Crippen LogP contribution in [0.1, 0.15) is 25.8 Å². The van der Waals surface area contributed by atoms with Crippen LogP contribution in [0.25, 0.3) is 0 Å². The molecule has 4 nitrogen and oxygen atoms in total. The first-order valence-corrected chi connectivity index (χ1v) is 6.81. The molecule has 0 aromatic heterocycles. The summed E-state index contributed by atoms with van der Waals surface area (Å²) in [5.74, 6) is -0.238. The molecule has 0 radical (unpaired) electrons. The second kappa shape index (κ2) is 5.90. The lowest BCUT2D eigenvalue weighted by Crippen LogP contribution is -2.41. The van der Waals surface area contributed by atoms with Crippen LogP contribution in [0.3, 0.4) is 0 Å². The lowest BCUT2D eigenvalue weighted by molar-refractivity contribution is -0.123. The minimum atomic E-state index is -0.417. The van der Waals surface area contributed by atoms with Gasteiger partial charge in [0.15, 0.2) is 0 Å². The highest BCUT2D eigenvalue weighted by Crippen LogP contribution is 2.21. The summed E-state index contributed by atoms with van der Waals surface area (Å²) in [7, 11) is 0. The molecular formula is C16H20N2O2. The molecule has 0 unspecified atom stereocenters. The Hall–Kier alpha value is -2.10. The summed E-state index contributed by atoms with van der Waals surface area (Å²) in [5.41, 5.74) is 2.97. The Kier molecular flexibility index (Phi) is 4.23. The molecule has 1 aliphatic heterocycles. The Morgan fingerprint density at radius 2 is 1.95 bits per heavy atom. The molecule has 0 aliphatic carbocycles. The highest BCUT2D eigenvalue weighted by atomic mass is 16.2. The zero-order valence-corrected chi connectivity index (χ0v) is 12.1. The number of hydrogen-bond donors (Lipinski definition) is 1. The molecule has 1 aliphatic rings. The fraction of sp³-hybridized carbons (Fsp3) is 0.375. The van der Waals surface area contributed by atoms with Crippen molar-refractivity contribution < 1.29 is 9.59 Å². The third-order valence-electron chi connectivity index (χ3n) is 3.29. The van der Waals surface area contributed by atoms with E-state index in [0.717, 1.165) is 16.8 Å². The van der Waals surface area contributed by atoms with Crippen LogP contribution in [0, 0.1) is 6.92 Å². The fourth-order valence-electron chi connectivity index (χ4n) is 2.27. The van der Waals surface area contributed by atoms with Crippen LogP contribution in [0.2, 0.25) is 0 Å². The van der Waals surface area contributed by atoms with Crippen molar-refractivity contribution in [3.8, 4) is 0 Å². The van der Waals surface area contributed by atoms with E-state index in [-0.39, 0.29) is 11.8 Å². The average molecular weight is 272 g/mol. The second-order valence-electron chi connectivity index (χ2n) is 5.40. The zero-order valence-electron chi connectivity index (χ0n) is 12.1. The molecule has 1 fully saturated rings. The number of hydrogen-bond acceptors (Lipinski definition) is 2. The van der Waals surface area contributed by atoms with E-state index >= 15 is 0 Å². The molecule has 0 bridgehead atoms. The van der Waals surface area contributed by atoms with E-state index in [9.17, 15) is 9.59 Å². The van der Waals surface area contributed by atoms with Crippen molar-refractivity contribution in [2.75, 3.05) is 11.4 Å². The van der Waals surface area contributed by atoms with Gasteiger partial charge in [-0.05, 0) is 39.3 Å². The first-order chi connectivity index (χ1) is 9.47. The first kappa shape index (κ1) is 14.3. The lowest BCUT2D eigenvalue weighted by atomic mass is 10.2. The molecule has 20 heavy (non-hydrogen) atoms. The summed E-state index contributed by atoms with van der Waals surface area (Å²) in [4.78, 5) is 25.7. The molecule has 1 saturated heterocycles. The number of nitrogens with one attached hydrogen (secondary N) is 1. The van der Waals surface area contributed by atoms with Crippen molar-refractivity contribution in [2.24, 2.45) is 0 Å². The Balaban J connectivity index is 2.04. The van der Waals surface area contributed by atoms with Crippen LogP contribution in [-0.2, 0) is 9.59 Å². The minimum absolute atomic E-state index is 0.0376. The van der Waals surface area contributed by atoms with Crippen molar-refractivity contribution in [3.63, 3.8) is 0 Å². The van der Waals surface area contributed by atoms with Crippen LogP contribution >= 0.6 is 0 Å². The Bertz CT molecular complexity index is 542. The van der Waals surface area contributed by atoms with Crippen molar-refractivity contribution >= 4 is 17.5 Å². The predicted molar refractivity (Wildman–Crippen MR) is 79.5 cm³/mol. The Morgan fingerprint density at radius 1 is 1.30 bits per heavy atom. The van der Waals surface area contributed by atoms with Crippen LogP contribution in [0.4, 0.5) is 5.69 Å². The van der Waals surface area contributed by atoms with Gasteiger partial charge in [0.25, 0.3) is 0 Å². The summed E-state index contributed by atoms with van der Waals surface area (Å²) < 4.78 is 0. The molecule has 106 valence electrons. The van der Waals surface area contributed by atoms with Crippen LogP contribution < -0.4 is 10.2 Å². The quantitative estimate of drug-likeness (QED) is 0.857. The molecular weight excluding hydrogens is 252 g/mol. The number of rotatable bonds is 3. The summed E-state index contributed by atoms with van der Waals surface area (Å²) >= 11 is 0. The number of nitrogens with zero attached hydrogens (tertiary/aromatic N) is 1. The molecule has 0 saturated carbocycles. The van der Waals surface area contributed by atoms with E-state index in [0.29, 0.717) is 13.0 Å². The predicted octanol–water partition coefficient (Wildman–Crippen LogP) is 2.18. The summed E-state index contributed by atoms with van der Waals surface area (Å²) in [6, 6.07) is 7.43. The summed E-state index contributed by atoms with van der Waals surface area (Å²) in [5, 5.41) is 2.76. The largest absolute Gasteiger partial charge is 0.341 e. The molecule has 1 N–H and O–H groups in total. The molecule has 1 atom stereocenters. The number of carbonyl (C=O) groups is 2. The smallest absolute Gasteiger partial charge is 0.249 e. The van der Waals surface area contributed by atoms with Gasteiger partial charge in [-0.2, -0.15) is 0 Å². The molecule has 1 aromatic carbocycles. The fourth-order valence-corrected chi connectivity index (χ4v) is 2.27. The molecule has 0 spiro atoms. The maximum atomic E-state index is 12.3. The first-order valence-electron chi connectivity index (χ1n) is 6.81. The number of aryl methyl sites for hydroxylation is 1. The van der Waals surface area contributed by atoms with Crippen molar-refractivity contribution in [1.29, 1.82) is 0 Å². The van der Waals surface area contributed by atoms with Gasteiger partial charge in [-0.3, -0.25) is 9.59 Å². The average Bonchev–Trinajstić information content (AvgIpc) is 2.71. The number of allylic oxidation sites excluding steroid dienone is 1. The van der Waals surface area contributed by atoms with Gasteiger partial charge >= 0.3 is 0 Å². The van der Waals surface area contributed by atoms with Crippen molar-refractivity contribution in [1.82, 2.24) is 5.32 Å². The summed E-state index contributed by atoms with van der Waals surface area (Å²) in [6.45, 7) is 6.36. The van der Waals surface area contributed by atoms with Crippen LogP contribution in [-0.4, -0.2) is 24.4 Å². The maximum Gasteiger partial charge on any atom is 0.249 e. The highest BCUT2D eigenvalue weighted by Gasteiger charge is 2.33. The monoisotopic (exact) mass is 272 g/mol. The number of carbonyl (C=O) groups excluding carboxylic acids is 2. The number of anilines is 1. The van der Waals surface area contributed by atoms with Gasteiger partial charge in [-0.1, -0.05) is 23.3 Å². The standard InChI is InChI=1S/C16H20N2O2/c1-11(2)10-15(19)17-14-8-9-18(16(14)20)13-6-4-12(3)5-7-13/h4-7,10,14H,8-9H2,1-3H3,(H,17,19)/t14-/m0/s1. The topological polar surface area (TPSA) is 49.4 Å². The third-order valence-corrected chi connectivity index (χ3v) is 3.29. The second-order valence-corrected chi connectivity index (χ2v) is 5.40. The molecule has 4 heteroatoms. The van der Waals surface area contributed by atoms with E-state index < -0.39 is 6.04 Å². The maximum absolute atomic E-state index is 12.3. The van der Waals surface area contributed by atoms with E-state index in [4.69, 9.17) is 0 Å². The zero-order chi connectivity index (χ0) is 14.7. The van der Waals surface area contributed by atoms with Crippen LogP contribution in [0.15, 0.2) is 35.9 Å². The summed E-state index contributed by atoms with van der Waals surface area (Å²) in [6.07, 6.45) is 2.16. The van der Waals surface area contributed by atoms with Gasteiger partial charge in [0, 0.05) is 18.3 Å². The van der Waals surface area contributed by atoms with Crippen LogP contribution in [0.5, 0.6) is 0 Å². The highest BCUT2D eigenvalue weighted by molar-refractivity contribution is 6.02. The van der Waals surface area contributed by atoms with Crippen molar-refractivity contribution in [3.05, 3.63) is 41.5 Å². The normalized spacial score (nSPS) is 18.1. The molecule has 1 aromatic rings. The van der Waals surface area contributed by atoms with Gasteiger partial charge in [-0.25, -0.2) is 0 Å². The van der Waals surface area contributed by atoms with Gasteiger partial charge in [0.1, 0.15) is 6.04 Å².